The summed E-state index contributed by atoms with van der Waals surface area (Å²) in [4.78, 5) is 6.87. The molecule has 110 valence electrons. The lowest BCUT2D eigenvalue weighted by Gasteiger charge is -2.41. The molecule has 21 heavy (non-hydrogen) atoms. The van der Waals surface area contributed by atoms with Crippen LogP contribution in [0.2, 0.25) is 0 Å². The first-order chi connectivity index (χ1) is 10.3. The highest BCUT2D eigenvalue weighted by Gasteiger charge is 2.40. The lowest BCUT2D eigenvalue weighted by atomic mass is 10.00. The maximum absolute atomic E-state index is 6.02. The highest BCUT2D eigenvalue weighted by atomic mass is 79.9. The maximum atomic E-state index is 6.02. The Hall–Kier alpha value is -1.17. The summed E-state index contributed by atoms with van der Waals surface area (Å²) in [6.07, 6.45) is 2.87. The number of hydrogen-bond donors (Lipinski definition) is 0. The average molecular weight is 349 g/mol. The Morgan fingerprint density at radius 3 is 3.05 bits per heavy atom. The van der Waals surface area contributed by atoms with E-state index in [0.717, 1.165) is 42.7 Å². The van der Waals surface area contributed by atoms with E-state index < -0.39 is 0 Å². The molecule has 2 fully saturated rings. The smallest absolute Gasteiger partial charge is 0.111 e. The lowest BCUT2D eigenvalue weighted by Crippen LogP contribution is -2.52. The number of anilines is 1. The molecule has 2 aromatic rings. The van der Waals surface area contributed by atoms with Crippen molar-refractivity contribution in [1.29, 1.82) is 0 Å². The van der Waals surface area contributed by atoms with Crippen molar-refractivity contribution < 1.29 is 9.47 Å². The van der Waals surface area contributed by atoms with Crippen molar-refractivity contribution in [2.24, 2.45) is 0 Å². The van der Waals surface area contributed by atoms with E-state index in [-0.39, 0.29) is 5.60 Å². The van der Waals surface area contributed by atoms with E-state index in [0.29, 0.717) is 6.61 Å². The van der Waals surface area contributed by atoms with E-state index in [1.807, 2.05) is 12.3 Å². The minimum atomic E-state index is -0.125. The van der Waals surface area contributed by atoms with Crippen molar-refractivity contribution in [2.75, 3.05) is 37.8 Å². The van der Waals surface area contributed by atoms with Gasteiger partial charge in [-0.2, -0.15) is 0 Å². The topological polar surface area (TPSA) is 34.6 Å². The SMILES string of the molecule is Brc1ccc2nccc(N3CCOC4(CCOC4)C3)c2c1. The summed E-state index contributed by atoms with van der Waals surface area (Å²) in [7, 11) is 0. The van der Waals surface area contributed by atoms with Crippen molar-refractivity contribution in [3.63, 3.8) is 0 Å². The van der Waals surface area contributed by atoms with Gasteiger partial charge in [-0.15, -0.1) is 0 Å². The van der Waals surface area contributed by atoms with Crippen molar-refractivity contribution in [3.8, 4) is 0 Å². The minimum Gasteiger partial charge on any atom is -0.378 e. The number of fused-ring (bicyclic) bond motifs is 1. The summed E-state index contributed by atoms with van der Waals surface area (Å²) < 4.78 is 12.7. The number of rotatable bonds is 1. The molecule has 1 aromatic carbocycles. The zero-order valence-electron chi connectivity index (χ0n) is 11.7. The van der Waals surface area contributed by atoms with Crippen molar-refractivity contribution in [3.05, 3.63) is 34.9 Å². The van der Waals surface area contributed by atoms with Gasteiger partial charge in [-0.1, -0.05) is 15.9 Å². The summed E-state index contributed by atoms with van der Waals surface area (Å²) in [5, 5.41) is 1.18. The monoisotopic (exact) mass is 348 g/mol. The van der Waals surface area contributed by atoms with E-state index in [1.165, 1.54) is 11.1 Å². The van der Waals surface area contributed by atoms with Crippen LogP contribution in [-0.2, 0) is 9.47 Å². The third-order valence-electron chi connectivity index (χ3n) is 4.34. The predicted molar refractivity (Wildman–Crippen MR) is 85.8 cm³/mol. The van der Waals surface area contributed by atoms with E-state index in [2.05, 4.69) is 44.0 Å². The Bertz CT molecular complexity index is 670. The summed E-state index contributed by atoms with van der Waals surface area (Å²) in [5.41, 5.74) is 2.13. The van der Waals surface area contributed by atoms with Crippen LogP contribution >= 0.6 is 15.9 Å². The van der Waals surface area contributed by atoms with Crippen LogP contribution < -0.4 is 4.90 Å². The molecule has 0 radical (unpaired) electrons. The number of benzene rings is 1. The van der Waals surface area contributed by atoms with Crippen LogP contribution in [0.3, 0.4) is 0 Å². The van der Waals surface area contributed by atoms with Gasteiger partial charge in [0.05, 0.1) is 18.7 Å². The molecule has 0 saturated carbocycles. The molecule has 1 aromatic heterocycles. The van der Waals surface area contributed by atoms with Gasteiger partial charge in [-0.3, -0.25) is 4.98 Å². The number of hydrogen-bond acceptors (Lipinski definition) is 4. The quantitative estimate of drug-likeness (QED) is 0.793. The fourth-order valence-electron chi connectivity index (χ4n) is 3.26. The summed E-state index contributed by atoms with van der Waals surface area (Å²) >= 11 is 3.56. The second-order valence-corrected chi connectivity index (χ2v) is 6.66. The average Bonchev–Trinajstić information content (AvgIpc) is 2.94. The fraction of sp³-hybridized carbons (Fsp3) is 0.438. The number of pyridine rings is 1. The predicted octanol–water partition coefficient (Wildman–Crippen LogP) is 2.99. The molecule has 2 saturated heterocycles. The fourth-order valence-corrected chi connectivity index (χ4v) is 3.62. The molecule has 1 unspecified atom stereocenters. The van der Waals surface area contributed by atoms with Gasteiger partial charge < -0.3 is 14.4 Å². The van der Waals surface area contributed by atoms with Gasteiger partial charge in [0, 0.05) is 47.9 Å². The molecule has 2 aliphatic rings. The van der Waals surface area contributed by atoms with Crippen molar-refractivity contribution in [1.82, 2.24) is 4.98 Å². The van der Waals surface area contributed by atoms with Crippen LogP contribution in [0.5, 0.6) is 0 Å². The van der Waals surface area contributed by atoms with Gasteiger partial charge in [0.2, 0.25) is 0 Å². The maximum Gasteiger partial charge on any atom is 0.111 e. The molecule has 0 aliphatic carbocycles. The molecule has 1 spiro atoms. The standard InChI is InChI=1S/C16H17BrN2O2/c17-12-1-2-14-13(9-12)15(3-5-18-14)19-6-8-21-16(10-19)4-7-20-11-16/h1-3,5,9H,4,6-8,10-11H2. The molecule has 1 atom stereocenters. The van der Waals surface area contributed by atoms with Crippen LogP contribution in [0.15, 0.2) is 34.9 Å². The third kappa shape index (κ3) is 2.43. The molecule has 0 bridgehead atoms. The van der Waals surface area contributed by atoms with E-state index in [1.54, 1.807) is 0 Å². The largest absolute Gasteiger partial charge is 0.378 e. The molecule has 0 amide bonds. The molecular formula is C16H17BrN2O2. The van der Waals surface area contributed by atoms with E-state index >= 15 is 0 Å². The van der Waals surface area contributed by atoms with Crippen LogP contribution in [0, 0.1) is 0 Å². The van der Waals surface area contributed by atoms with Gasteiger partial charge >= 0.3 is 0 Å². The minimum absolute atomic E-state index is 0.125. The second kappa shape index (κ2) is 5.23. The van der Waals surface area contributed by atoms with Gasteiger partial charge in [-0.25, -0.2) is 0 Å². The zero-order valence-corrected chi connectivity index (χ0v) is 13.3. The Kier molecular flexibility index (Phi) is 3.36. The van der Waals surface area contributed by atoms with Gasteiger partial charge in [-0.05, 0) is 24.3 Å². The lowest BCUT2D eigenvalue weighted by molar-refractivity contribution is -0.0578. The summed E-state index contributed by atoms with van der Waals surface area (Å²) in [6.45, 7) is 4.06. The third-order valence-corrected chi connectivity index (χ3v) is 4.83. The molecule has 2 aliphatic heterocycles. The molecule has 5 heteroatoms. The highest BCUT2D eigenvalue weighted by molar-refractivity contribution is 9.10. The first-order valence-electron chi connectivity index (χ1n) is 7.27. The van der Waals surface area contributed by atoms with Crippen molar-refractivity contribution in [2.45, 2.75) is 12.0 Å². The number of aromatic nitrogens is 1. The normalized spacial score (nSPS) is 25.9. The summed E-state index contributed by atoms with van der Waals surface area (Å²) in [6, 6.07) is 8.33. The first kappa shape index (κ1) is 13.5. The van der Waals surface area contributed by atoms with E-state index in [9.17, 15) is 0 Å². The van der Waals surface area contributed by atoms with E-state index in [4.69, 9.17) is 9.47 Å². The Morgan fingerprint density at radius 1 is 1.24 bits per heavy atom. The second-order valence-electron chi connectivity index (χ2n) is 5.75. The van der Waals surface area contributed by atoms with Gasteiger partial charge in [0.25, 0.3) is 0 Å². The van der Waals surface area contributed by atoms with Crippen LogP contribution in [0.1, 0.15) is 6.42 Å². The van der Waals surface area contributed by atoms with Gasteiger partial charge in [0.15, 0.2) is 0 Å². The molecular weight excluding hydrogens is 332 g/mol. The number of morpholine rings is 1. The Morgan fingerprint density at radius 2 is 2.19 bits per heavy atom. The van der Waals surface area contributed by atoms with Gasteiger partial charge in [0.1, 0.15) is 5.60 Å². The van der Waals surface area contributed by atoms with Crippen LogP contribution in [0.4, 0.5) is 5.69 Å². The number of halogens is 1. The van der Waals surface area contributed by atoms with Crippen LogP contribution in [0.25, 0.3) is 10.9 Å². The van der Waals surface area contributed by atoms with Crippen LogP contribution in [-0.4, -0.2) is 43.5 Å². The Labute approximate surface area is 132 Å². The molecule has 0 N–H and O–H groups in total. The highest BCUT2D eigenvalue weighted by Crippen LogP contribution is 2.33. The Balaban J connectivity index is 1.74. The molecule has 3 heterocycles. The molecule has 4 rings (SSSR count). The zero-order chi connectivity index (χ0) is 14.3. The number of nitrogens with zero attached hydrogens (tertiary/aromatic N) is 2. The van der Waals surface area contributed by atoms with Crippen molar-refractivity contribution >= 4 is 32.5 Å². The summed E-state index contributed by atoms with van der Waals surface area (Å²) in [5.74, 6) is 0. The first-order valence-corrected chi connectivity index (χ1v) is 8.06. The molecule has 4 nitrogen and oxygen atoms in total. The number of ether oxygens (including phenoxy) is 2.